The van der Waals surface area contributed by atoms with E-state index in [1.165, 1.54) is 0 Å². The Kier molecular flexibility index (Phi) is 5.42. The van der Waals surface area contributed by atoms with E-state index in [-0.39, 0.29) is 11.8 Å². The molecule has 0 aromatic heterocycles. The summed E-state index contributed by atoms with van der Waals surface area (Å²) in [6.07, 6.45) is 0.952. The maximum atomic E-state index is 12.1. The van der Waals surface area contributed by atoms with Crippen LogP contribution in [0, 0.1) is 0 Å². The molecule has 3 aromatic rings. The lowest BCUT2D eigenvalue weighted by atomic mass is 10.1. The molecule has 0 unspecified atom stereocenters. The summed E-state index contributed by atoms with van der Waals surface area (Å²) in [5, 5.41) is 7.90. The van der Waals surface area contributed by atoms with E-state index < -0.39 is 0 Å². The maximum Gasteiger partial charge on any atom is 0.251 e. The van der Waals surface area contributed by atoms with E-state index in [4.69, 9.17) is 0 Å². The minimum absolute atomic E-state index is 0.0506. The fourth-order valence-corrected chi connectivity index (χ4v) is 2.69. The third kappa shape index (κ3) is 4.44. The average Bonchev–Trinajstić information content (AvgIpc) is 2.66. The van der Waals surface area contributed by atoms with E-state index in [1.54, 1.807) is 12.1 Å². The number of fused-ring (bicyclic) bond motifs is 1. The molecule has 3 aromatic carbocycles. The summed E-state index contributed by atoms with van der Waals surface area (Å²) in [7, 11) is 0. The van der Waals surface area contributed by atoms with Crippen LogP contribution in [-0.2, 0) is 4.79 Å². The Hall–Kier alpha value is -3.14. The van der Waals surface area contributed by atoms with Gasteiger partial charge in [0.1, 0.15) is 0 Å². The normalized spacial score (nSPS) is 10.4. The van der Waals surface area contributed by atoms with Crippen LogP contribution in [-0.4, -0.2) is 18.4 Å². The summed E-state index contributed by atoms with van der Waals surface area (Å²) in [5.41, 5.74) is 1.44. The van der Waals surface area contributed by atoms with Gasteiger partial charge in [0.15, 0.2) is 0 Å². The topological polar surface area (TPSA) is 58.2 Å². The number of carbonyl (C=O) groups excluding carboxylic acids is 2. The smallest absolute Gasteiger partial charge is 0.251 e. The van der Waals surface area contributed by atoms with E-state index in [9.17, 15) is 9.59 Å². The quantitative estimate of drug-likeness (QED) is 0.671. The van der Waals surface area contributed by atoms with Crippen LogP contribution in [0.2, 0.25) is 0 Å². The number of anilines is 1. The molecule has 0 aliphatic heterocycles. The Labute approximate surface area is 146 Å². The largest absolute Gasteiger partial charge is 0.352 e. The lowest BCUT2D eigenvalue weighted by molar-refractivity contribution is -0.116. The maximum absolute atomic E-state index is 12.1. The first-order valence-electron chi connectivity index (χ1n) is 8.35. The van der Waals surface area contributed by atoms with Crippen molar-refractivity contribution in [1.29, 1.82) is 0 Å². The molecule has 0 spiro atoms. The Morgan fingerprint density at radius 3 is 2.36 bits per heavy atom. The van der Waals surface area contributed by atoms with Crippen molar-refractivity contribution in [2.45, 2.75) is 12.8 Å². The molecule has 3 rings (SSSR count). The molecule has 0 radical (unpaired) electrons. The number of nitrogens with one attached hydrogen (secondary N) is 2. The van der Waals surface area contributed by atoms with Gasteiger partial charge in [-0.3, -0.25) is 9.59 Å². The highest BCUT2D eigenvalue weighted by atomic mass is 16.2. The third-order valence-electron chi connectivity index (χ3n) is 3.97. The minimum atomic E-state index is -0.116. The number of hydrogen-bond acceptors (Lipinski definition) is 2. The first-order valence-corrected chi connectivity index (χ1v) is 8.35. The average molecular weight is 332 g/mol. The van der Waals surface area contributed by atoms with Gasteiger partial charge in [-0.2, -0.15) is 0 Å². The molecule has 126 valence electrons. The summed E-state index contributed by atoms with van der Waals surface area (Å²) in [4.78, 5) is 24.1. The summed E-state index contributed by atoms with van der Waals surface area (Å²) in [6.45, 7) is 0.469. The predicted molar refractivity (Wildman–Crippen MR) is 101 cm³/mol. The molecule has 4 heteroatoms. The molecule has 25 heavy (non-hydrogen) atoms. The van der Waals surface area contributed by atoms with Crippen molar-refractivity contribution in [1.82, 2.24) is 5.32 Å². The van der Waals surface area contributed by atoms with E-state index in [0.29, 0.717) is 24.9 Å². The monoisotopic (exact) mass is 332 g/mol. The Bertz CT molecular complexity index is 870. The van der Waals surface area contributed by atoms with Crippen LogP contribution >= 0.6 is 0 Å². The van der Waals surface area contributed by atoms with Crippen molar-refractivity contribution in [2.24, 2.45) is 0 Å². The van der Waals surface area contributed by atoms with Crippen LogP contribution in [0.5, 0.6) is 0 Å². The summed E-state index contributed by atoms with van der Waals surface area (Å²) < 4.78 is 0. The Balaban J connectivity index is 1.47. The highest BCUT2D eigenvalue weighted by Gasteiger charge is 2.07. The van der Waals surface area contributed by atoms with Crippen molar-refractivity contribution in [2.75, 3.05) is 11.9 Å². The van der Waals surface area contributed by atoms with Gasteiger partial charge in [0, 0.05) is 29.6 Å². The lowest BCUT2D eigenvalue weighted by Gasteiger charge is -2.09. The summed E-state index contributed by atoms with van der Waals surface area (Å²) in [5.74, 6) is -0.166. The highest BCUT2D eigenvalue weighted by molar-refractivity contribution is 6.02. The second-order valence-corrected chi connectivity index (χ2v) is 5.80. The van der Waals surface area contributed by atoms with Crippen molar-refractivity contribution in [3.8, 4) is 0 Å². The van der Waals surface area contributed by atoms with Crippen molar-refractivity contribution in [3.63, 3.8) is 0 Å². The van der Waals surface area contributed by atoms with Gasteiger partial charge in [0.05, 0.1) is 0 Å². The molecule has 0 heterocycles. The van der Waals surface area contributed by atoms with Crippen molar-refractivity contribution >= 4 is 28.3 Å². The van der Waals surface area contributed by atoms with Crippen LogP contribution in [0.4, 0.5) is 5.69 Å². The Morgan fingerprint density at radius 2 is 1.52 bits per heavy atom. The van der Waals surface area contributed by atoms with E-state index >= 15 is 0 Å². The van der Waals surface area contributed by atoms with Gasteiger partial charge in [-0.15, -0.1) is 0 Å². The van der Waals surface area contributed by atoms with Gasteiger partial charge in [-0.1, -0.05) is 54.6 Å². The number of rotatable bonds is 6. The third-order valence-corrected chi connectivity index (χ3v) is 3.97. The molecule has 0 aliphatic rings. The second kappa shape index (κ2) is 8.11. The fraction of sp³-hybridized carbons (Fsp3) is 0.143. The van der Waals surface area contributed by atoms with E-state index in [0.717, 1.165) is 16.5 Å². The lowest BCUT2D eigenvalue weighted by Crippen LogP contribution is -2.25. The molecule has 0 bridgehead atoms. The molecule has 0 saturated heterocycles. The van der Waals surface area contributed by atoms with Crippen LogP contribution in [0.3, 0.4) is 0 Å². The standard InChI is InChI=1S/C21H20N2O2/c24-20(14-7-15-22-21(25)17-9-2-1-3-10-17)23-19-13-6-11-16-8-4-5-12-18(16)19/h1-6,8-13H,7,14-15H2,(H,22,25)(H,23,24). The van der Waals surface area contributed by atoms with E-state index in [2.05, 4.69) is 10.6 Å². The van der Waals surface area contributed by atoms with E-state index in [1.807, 2.05) is 60.7 Å². The van der Waals surface area contributed by atoms with Gasteiger partial charge >= 0.3 is 0 Å². The molecule has 0 saturated carbocycles. The van der Waals surface area contributed by atoms with Crippen molar-refractivity contribution < 1.29 is 9.59 Å². The molecule has 0 fully saturated rings. The zero-order valence-corrected chi connectivity index (χ0v) is 13.9. The van der Waals surface area contributed by atoms with Gasteiger partial charge in [-0.05, 0) is 30.0 Å². The zero-order chi connectivity index (χ0) is 17.5. The SMILES string of the molecule is O=C(CCCNC(=O)c1ccccc1)Nc1cccc2ccccc12. The molecule has 2 N–H and O–H groups in total. The number of carbonyl (C=O) groups is 2. The van der Waals surface area contributed by atoms with Crippen molar-refractivity contribution in [3.05, 3.63) is 78.4 Å². The molecular formula is C21H20N2O2. The molecule has 0 aliphatic carbocycles. The molecule has 0 atom stereocenters. The van der Waals surface area contributed by atoms with Gasteiger partial charge in [0.25, 0.3) is 5.91 Å². The first kappa shape index (κ1) is 16.7. The number of benzene rings is 3. The van der Waals surface area contributed by atoms with Gasteiger partial charge in [-0.25, -0.2) is 0 Å². The van der Waals surface area contributed by atoms with Gasteiger partial charge < -0.3 is 10.6 Å². The second-order valence-electron chi connectivity index (χ2n) is 5.80. The van der Waals surface area contributed by atoms with Crippen LogP contribution in [0.15, 0.2) is 72.8 Å². The Morgan fingerprint density at radius 1 is 0.800 bits per heavy atom. The summed E-state index contributed by atoms with van der Waals surface area (Å²) in [6, 6.07) is 22.8. The van der Waals surface area contributed by atoms with Crippen LogP contribution in [0.25, 0.3) is 10.8 Å². The predicted octanol–water partition coefficient (Wildman–Crippen LogP) is 3.99. The van der Waals surface area contributed by atoms with Gasteiger partial charge in [0.2, 0.25) is 5.91 Å². The van der Waals surface area contributed by atoms with Crippen LogP contribution in [0.1, 0.15) is 23.2 Å². The molecule has 2 amide bonds. The zero-order valence-electron chi connectivity index (χ0n) is 13.9. The van der Waals surface area contributed by atoms with Crippen LogP contribution < -0.4 is 10.6 Å². The fourth-order valence-electron chi connectivity index (χ4n) is 2.69. The summed E-state index contributed by atoms with van der Waals surface area (Å²) >= 11 is 0. The minimum Gasteiger partial charge on any atom is -0.352 e. The first-order chi connectivity index (χ1) is 12.2. The highest BCUT2D eigenvalue weighted by Crippen LogP contribution is 2.23. The number of hydrogen-bond donors (Lipinski definition) is 2. The molecule has 4 nitrogen and oxygen atoms in total. The number of amides is 2. The molecular weight excluding hydrogens is 312 g/mol.